The molecule has 0 aliphatic rings. The molecular weight excluding hydrogens is 273 g/mol. The van der Waals surface area contributed by atoms with Crippen LogP contribution >= 0.6 is 11.8 Å². The summed E-state index contributed by atoms with van der Waals surface area (Å²) in [5.41, 5.74) is 7.53. The first kappa shape index (κ1) is 14.5. The maximum atomic E-state index is 13.9. The Balaban J connectivity index is 2.04. The number of hydrogen-bond donors (Lipinski definition) is 1. The van der Waals surface area contributed by atoms with E-state index in [0.717, 1.165) is 5.56 Å². The average Bonchev–Trinajstić information content (AvgIpc) is 2.46. The van der Waals surface area contributed by atoms with E-state index in [1.165, 1.54) is 17.8 Å². The average molecular weight is 287 g/mol. The van der Waals surface area contributed by atoms with Crippen LogP contribution < -0.4 is 5.73 Å². The summed E-state index contributed by atoms with van der Waals surface area (Å²) in [5.74, 6) is 5.72. The second-order valence-electron chi connectivity index (χ2n) is 4.14. The molecule has 102 valence electrons. The Hall–Kier alpha value is -1.90. The number of nitrogens with two attached hydrogens (primary N) is 1. The molecule has 0 amide bonds. The summed E-state index contributed by atoms with van der Waals surface area (Å²) in [6, 6.07) is 4.95. The van der Waals surface area contributed by atoms with Crippen molar-refractivity contribution in [3.05, 3.63) is 53.1 Å². The van der Waals surface area contributed by atoms with Gasteiger partial charge in [0.15, 0.2) is 5.16 Å². The van der Waals surface area contributed by atoms with Crippen LogP contribution in [0.1, 0.15) is 16.7 Å². The summed E-state index contributed by atoms with van der Waals surface area (Å²) < 4.78 is 13.9. The largest absolute Gasteiger partial charge is 0.320 e. The zero-order valence-corrected chi connectivity index (χ0v) is 11.9. The van der Waals surface area contributed by atoms with Crippen molar-refractivity contribution >= 4 is 11.8 Å². The second-order valence-corrected chi connectivity index (χ2v) is 5.09. The minimum absolute atomic E-state index is 0.268. The van der Waals surface area contributed by atoms with Crippen molar-refractivity contribution in [2.75, 3.05) is 6.54 Å². The van der Waals surface area contributed by atoms with Gasteiger partial charge >= 0.3 is 0 Å². The van der Waals surface area contributed by atoms with Crippen molar-refractivity contribution in [3.8, 4) is 11.8 Å². The number of halogens is 1. The third-order valence-corrected chi connectivity index (χ3v) is 3.43. The molecule has 0 aliphatic carbocycles. The van der Waals surface area contributed by atoms with Gasteiger partial charge in [0.25, 0.3) is 0 Å². The summed E-state index contributed by atoms with van der Waals surface area (Å²) in [6.07, 6.45) is 3.49. The minimum atomic E-state index is -0.270. The Bertz CT molecular complexity index is 644. The number of thioether (sulfide) groups is 1. The van der Waals surface area contributed by atoms with Gasteiger partial charge in [-0.15, -0.1) is 0 Å². The summed E-state index contributed by atoms with van der Waals surface area (Å²) in [4.78, 5) is 8.35. The van der Waals surface area contributed by atoms with E-state index in [4.69, 9.17) is 5.73 Å². The molecule has 0 spiro atoms. The molecule has 20 heavy (non-hydrogen) atoms. The van der Waals surface area contributed by atoms with Crippen LogP contribution in [-0.2, 0) is 5.75 Å². The van der Waals surface area contributed by atoms with Crippen molar-refractivity contribution in [3.63, 3.8) is 0 Å². The predicted molar refractivity (Wildman–Crippen MR) is 78.7 cm³/mol. The normalized spacial score (nSPS) is 9.95. The van der Waals surface area contributed by atoms with Gasteiger partial charge in [0.2, 0.25) is 0 Å². The quantitative estimate of drug-likeness (QED) is 0.535. The Labute approximate surface area is 121 Å². The Kier molecular flexibility index (Phi) is 5.10. The van der Waals surface area contributed by atoms with E-state index >= 15 is 0 Å². The molecular formula is C15H14FN3S. The van der Waals surface area contributed by atoms with Crippen LogP contribution in [-0.4, -0.2) is 16.5 Å². The highest BCUT2D eigenvalue weighted by molar-refractivity contribution is 7.98. The van der Waals surface area contributed by atoms with E-state index in [0.29, 0.717) is 22.0 Å². The van der Waals surface area contributed by atoms with Crippen molar-refractivity contribution in [1.82, 2.24) is 9.97 Å². The minimum Gasteiger partial charge on any atom is -0.320 e. The van der Waals surface area contributed by atoms with Crippen LogP contribution in [0.4, 0.5) is 4.39 Å². The van der Waals surface area contributed by atoms with E-state index in [1.54, 1.807) is 24.5 Å². The standard InChI is InChI=1S/C15H14FN3S/c1-11-8-18-15(19-9-11)20-10-13-5-4-12(3-2-6-17)7-14(13)16/h4-5,7-9H,6,10,17H2,1H3. The van der Waals surface area contributed by atoms with Gasteiger partial charge in [-0.05, 0) is 30.2 Å². The van der Waals surface area contributed by atoms with Gasteiger partial charge in [0.05, 0.1) is 6.54 Å². The summed E-state index contributed by atoms with van der Waals surface area (Å²) in [5, 5.41) is 0.641. The lowest BCUT2D eigenvalue weighted by atomic mass is 10.1. The highest BCUT2D eigenvalue weighted by Gasteiger charge is 2.05. The molecule has 0 unspecified atom stereocenters. The number of hydrogen-bond acceptors (Lipinski definition) is 4. The van der Waals surface area contributed by atoms with Gasteiger partial charge in [-0.3, -0.25) is 0 Å². The fourth-order valence-electron chi connectivity index (χ4n) is 1.49. The number of rotatable bonds is 3. The molecule has 3 nitrogen and oxygen atoms in total. The summed E-state index contributed by atoms with van der Waals surface area (Å²) in [7, 11) is 0. The third kappa shape index (κ3) is 4.05. The lowest BCUT2D eigenvalue weighted by Gasteiger charge is -2.03. The van der Waals surface area contributed by atoms with Crippen LogP contribution in [0.15, 0.2) is 35.7 Å². The SMILES string of the molecule is Cc1cnc(SCc2ccc(C#CCN)cc2F)nc1. The number of benzene rings is 1. The molecule has 0 radical (unpaired) electrons. The van der Waals surface area contributed by atoms with Crippen molar-refractivity contribution < 1.29 is 4.39 Å². The summed E-state index contributed by atoms with van der Waals surface area (Å²) in [6.45, 7) is 2.19. The van der Waals surface area contributed by atoms with Gasteiger partial charge in [0.1, 0.15) is 5.82 Å². The van der Waals surface area contributed by atoms with Crippen LogP contribution in [0, 0.1) is 24.6 Å². The van der Waals surface area contributed by atoms with Gasteiger partial charge in [0, 0.05) is 23.7 Å². The van der Waals surface area contributed by atoms with Crippen LogP contribution in [0.2, 0.25) is 0 Å². The smallest absolute Gasteiger partial charge is 0.187 e. The van der Waals surface area contributed by atoms with E-state index < -0.39 is 0 Å². The maximum Gasteiger partial charge on any atom is 0.187 e. The molecule has 2 rings (SSSR count). The van der Waals surface area contributed by atoms with Gasteiger partial charge in [-0.2, -0.15) is 0 Å². The lowest BCUT2D eigenvalue weighted by Crippen LogP contribution is -1.94. The molecule has 0 fully saturated rings. The van der Waals surface area contributed by atoms with E-state index in [2.05, 4.69) is 21.8 Å². The number of aryl methyl sites for hydroxylation is 1. The fourth-order valence-corrected chi connectivity index (χ4v) is 2.27. The third-order valence-electron chi connectivity index (χ3n) is 2.50. The molecule has 5 heteroatoms. The molecule has 0 aliphatic heterocycles. The van der Waals surface area contributed by atoms with E-state index in [1.807, 2.05) is 6.92 Å². The molecule has 0 saturated carbocycles. The van der Waals surface area contributed by atoms with Gasteiger partial charge in [-0.25, -0.2) is 14.4 Å². The fraction of sp³-hybridized carbons (Fsp3) is 0.200. The van der Waals surface area contributed by atoms with E-state index in [-0.39, 0.29) is 12.4 Å². The molecule has 0 bridgehead atoms. The molecule has 1 heterocycles. The highest BCUT2D eigenvalue weighted by Crippen LogP contribution is 2.21. The predicted octanol–water partition coefficient (Wildman–Crippen LogP) is 2.53. The molecule has 0 saturated heterocycles. The molecule has 1 aromatic carbocycles. The molecule has 2 aromatic rings. The van der Waals surface area contributed by atoms with Crippen LogP contribution in [0.3, 0.4) is 0 Å². The topological polar surface area (TPSA) is 51.8 Å². The first-order chi connectivity index (χ1) is 9.69. The van der Waals surface area contributed by atoms with E-state index in [9.17, 15) is 4.39 Å². The van der Waals surface area contributed by atoms with Crippen LogP contribution in [0.25, 0.3) is 0 Å². The van der Waals surface area contributed by atoms with Crippen molar-refractivity contribution in [2.24, 2.45) is 5.73 Å². The highest BCUT2D eigenvalue weighted by atomic mass is 32.2. The Morgan fingerprint density at radius 2 is 2.05 bits per heavy atom. The Morgan fingerprint density at radius 3 is 2.70 bits per heavy atom. The van der Waals surface area contributed by atoms with Crippen molar-refractivity contribution in [1.29, 1.82) is 0 Å². The molecule has 1 aromatic heterocycles. The number of nitrogens with zero attached hydrogens (tertiary/aromatic N) is 2. The second kappa shape index (κ2) is 7.04. The van der Waals surface area contributed by atoms with Gasteiger partial charge < -0.3 is 5.73 Å². The van der Waals surface area contributed by atoms with Crippen molar-refractivity contribution in [2.45, 2.75) is 17.8 Å². The zero-order valence-electron chi connectivity index (χ0n) is 11.1. The molecule has 2 N–H and O–H groups in total. The maximum absolute atomic E-state index is 13.9. The molecule has 0 atom stereocenters. The first-order valence-electron chi connectivity index (χ1n) is 6.08. The first-order valence-corrected chi connectivity index (χ1v) is 7.06. The summed E-state index contributed by atoms with van der Waals surface area (Å²) >= 11 is 1.40. The lowest BCUT2D eigenvalue weighted by molar-refractivity contribution is 0.617. The Morgan fingerprint density at radius 1 is 1.30 bits per heavy atom. The zero-order chi connectivity index (χ0) is 14.4. The number of aromatic nitrogens is 2. The van der Waals surface area contributed by atoms with Crippen LogP contribution in [0.5, 0.6) is 0 Å². The monoisotopic (exact) mass is 287 g/mol. The van der Waals surface area contributed by atoms with Gasteiger partial charge in [-0.1, -0.05) is 29.7 Å².